The minimum absolute atomic E-state index is 0. The van der Waals surface area contributed by atoms with E-state index in [9.17, 15) is 0 Å². The van der Waals surface area contributed by atoms with Crippen molar-refractivity contribution in [3.8, 4) is 0 Å². The van der Waals surface area contributed by atoms with Crippen molar-refractivity contribution >= 4 is 38.7 Å². The monoisotopic (exact) mass is 526 g/mol. The molecule has 178 valence electrons. The third-order valence-corrected chi connectivity index (χ3v) is 7.82. The molecule has 0 aliphatic rings. The standard InChI is InChI=1S/C12H17N4OS.C10H10O2S2.ClH/c1-8-11(3-4-17)18-7-16(8)6-10-5-14-9(2)15-12(10)13;1-3-9(11-5-1)7-13-14-8-10-4-2-6-12-10;/h5,7,17H,3-4,6H2,1-2H3,(H2,13,14,15);1-6H,7-8H2;1H/q+1;;/p-1. The lowest BCUT2D eigenvalue weighted by Gasteiger charge is -2.01. The van der Waals surface area contributed by atoms with Gasteiger partial charge in [0.05, 0.1) is 34.5 Å². The molecule has 0 saturated carbocycles. The molecule has 0 unspecified atom stereocenters. The topological polar surface area (TPSA) is 102 Å². The molecule has 3 N–H and O–H groups in total. The number of aromatic nitrogens is 3. The largest absolute Gasteiger partial charge is 1.00 e. The first-order valence-corrected chi connectivity index (χ1v) is 13.4. The molecule has 4 heterocycles. The van der Waals surface area contributed by atoms with Crippen LogP contribution < -0.4 is 22.7 Å². The molecule has 0 spiro atoms. The average Bonchev–Trinajstić information content (AvgIpc) is 3.54. The fourth-order valence-corrected chi connectivity index (χ4v) is 5.66. The van der Waals surface area contributed by atoms with E-state index in [0.717, 1.165) is 34.3 Å². The molecule has 4 aromatic rings. The predicted octanol–water partition coefficient (Wildman–Crippen LogP) is 1.57. The quantitative estimate of drug-likeness (QED) is 0.192. The molecule has 0 aromatic carbocycles. The second kappa shape index (κ2) is 14.3. The van der Waals surface area contributed by atoms with Crippen LogP contribution in [-0.4, -0.2) is 21.7 Å². The van der Waals surface area contributed by atoms with Gasteiger partial charge in [-0.3, -0.25) is 0 Å². The zero-order valence-electron chi connectivity index (χ0n) is 18.4. The lowest BCUT2D eigenvalue weighted by atomic mass is 10.2. The lowest BCUT2D eigenvalue weighted by molar-refractivity contribution is -0.689. The highest BCUT2D eigenvalue weighted by Gasteiger charge is 2.17. The van der Waals surface area contributed by atoms with Crippen LogP contribution in [0.3, 0.4) is 0 Å². The van der Waals surface area contributed by atoms with Crippen LogP contribution in [-0.2, 0) is 24.5 Å². The summed E-state index contributed by atoms with van der Waals surface area (Å²) in [6.45, 7) is 4.71. The first kappa shape index (κ1) is 27.3. The van der Waals surface area contributed by atoms with Gasteiger partial charge in [0.25, 0.3) is 0 Å². The molecule has 0 aliphatic carbocycles. The van der Waals surface area contributed by atoms with Gasteiger partial charge in [0, 0.05) is 26.1 Å². The number of rotatable bonds is 9. The highest BCUT2D eigenvalue weighted by atomic mass is 35.5. The van der Waals surface area contributed by atoms with Crippen molar-refractivity contribution in [2.45, 2.75) is 38.3 Å². The number of hydrogen-bond donors (Lipinski definition) is 2. The number of aliphatic hydroxyl groups is 1. The summed E-state index contributed by atoms with van der Waals surface area (Å²) in [6, 6.07) is 7.79. The Morgan fingerprint density at radius 2 is 1.73 bits per heavy atom. The van der Waals surface area contributed by atoms with E-state index in [1.165, 1.54) is 4.88 Å². The van der Waals surface area contributed by atoms with Gasteiger partial charge in [-0.1, -0.05) is 32.9 Å². The minimum Gasteiger partial charge on any atom is -1.00 e. The van der Waals surface area contributed by atoms with Gasteiger partial charge in [-0.25, -0.2) is 9.97 Å². The molecule has 0 saturated heterocycles. The van der Waals surface area contributed by atoms with Gasteiger partial charge in [0.2, 0.25) is 5.51 Å². The summed E-state index contributed by atoms with van der Waals surface area (Å²) in [5, 5.41) is 8.98. The number of furan rings is 2. The van der Waals surface area contributed by atoms with Crippen LogP contribution in [0.15, 0.2) is 57.3 Å². The number of halogens is 1. The molecule has 33 heavy (non-hydrogen) atoms. The predicted molar refractivity (Wildman–Crippen MR) is 130 cm³/mol. The Balaban J connectivity index is 0.000000233. The zero-order valence-corrected chi connectivity index (χ0v) is 21.6. The van der Waals surface area contributed by atoms with Gasteiger partial charge in [-0.05, 0) is 31.2 Å². The Kier molecular flexibility index (Phi) is 11.8. The van der Waals surface area contributed by atoms with E-state index < -0.39 is 0 Å². The third-order valence-electron chi connectivity index (χ3n) is 4.50. The normalized spacial score (nSPS) is 10.4. The molecule has 0 fully saturated rings. The number of anilines is 1. The van der Waals surface area contributed by atoms with Crippen molar-refractivity contribution in [1.82, 2.24) is 9.97 Å². The van der Waals surface area contributed by atoms with Crippen molar-refractivity contribution in [2.24, 2.45) is 0 Å². The number of hydrogen-bond acceptors (Lipinski definition) is 9. The lowest BCUT2D eigenvalue weighted by Crippen LogP contribution is -3.00. The van der Waals surface area contributed by atoms with Crippen LogP contribution in [0.1, 0.15) is 33.5 Å². The Labute approximate surface area is 211 Å². The van der Waals surface area contributed by atoms with Crippen LogP contribution in [0, 0.1) is 13.8 Å². The highest BCUT2D eigenvalue weighted by molar-refractivity contribution is 8.76. The Morgan fingerprint density at radius 3 is 2.24 bits per heavy atom. The summed E-state index contributed by atoms with van der Waals surface area (Å²) in [5.41, 5.74) is 10.0. The molecule has 4 aromatic heterocycles. The summed E-state index contributed by atoms with van der Waals surface area (Å²) in [5.74, 6) is 5.05. The van der Waals surface area contributed by atoms with Gasteiger partial charge in [0.1, 0.15) is 23.2 Å². The summed E-state index contributed by atoms with van der Waals surface area (Å²) in [6.07, 6.45) is 5.87. The molecule has 4 rings (SSSR count). The van der Waals surface area contributed by atoms with Crippen molar-refractivity contribution in [2.75, 3.05) is 12.3 Å². The first-order valence-electron chi connectivity index (χ1n) is 10.0. The van der Waals surface area contributed by atoms with Crippen molar-refractivity contribution in [3.63, 3.8) is 0 Å². The van der Waals surface area contributed by atoms with Crippen molar-refractivity contribution in [3.05, 3.63) is 82.0 Å². The van der Waals surface area contributed by atoms with E-state index in [0.29, 0.717) is 24.6 Å². The van der Waals surface area contributed by atoms with Gasteiger partial charge < -0.3 is 32.1 Å². The highest BCUT2D eigenvalue weighted by Crippen LogP contribution is 2.29. The molecule has 0 bridgehead atoms. The molecular weight excluding hydrogens is 500 g/mol. The smallest absolute Gasteiger partial charge is 0.225 e. The van der Waals surface area contributed by atoms with Crippen LogP contribution in [0.5, 0.6) is 0 Å². The van der Waals surface area contributed by atoms with Gasteiger partial charge in [0.15, 0.2) is 12.2 Å². The van der Waals surface area contributed by atoms with Crippen molar-refractivity contribution < 1.29 is 30.9 Å². The fourth-order valence-electron chi connectivity index (χ4n) is 2.76. The molecule has 0 amide bonds. The number of nitrogens with two attached hydrogens (primary N) is 1. The van der Waals surface area contributed by atoms with E-state index in [-0.39, 0.29) is 19.0 Å². The molecule has 7 nitrogen and oxygen atoms in total. The van der Waals surface area contributed by atoms with Crippen LogP contribution in [0.25, 0.3) is 0 Å². The maximum Gasteiger partial charge on any atom is 0.225 e. The maximum absolute atomic E-state index is 8.98. The van der Waals surface area contributed by atoms with E-state index in [4.69, 9.17) is 19.7 Å². The van der Waals surface area contributed by atoms with Gasteiger partial charge in [-0.15, -0.1) is 0 Å². The van der Waals surface area contributed by atoms with Gasteiger partial charge in [-0.2, -0.15) is 4.57 Å². The molecule has 0 radical (unpaired) electrons. The molecule has 0 aliphatic heterocycles. The number of aliphatic hydroxyl groups excluding tert-OH is 1. The second-order valence-electron chi connectivity index (χ2n) is 6.84. The summed E-state index contributed by atoms with van der Waals surface area (Å²) in [4.78, 5) is 9.53. The average molecular weight is 527 g/mol. The van der Waals surface area contributed by atoms with E-state index >= 15 is 0 Å². The summed E-state index contributed by atoms with van der Waals surface area (Å²) < 4.78 is 12.5. The molecule has 0 atom stereocenters. The third kappa shape index (κ3) is 8.71. The van der Waals surface area contributed by atoms with E-state index in [2.05, 4.69) is 14.5 Å². The summed E-state index contributed by atoms with van der Waals surface area (Å²) in [7, 11) is 3.54. The van der Waals surface area contributed by atoms with Crippen LogP contribution in [0.2, 0.25) is 0 Å². The second-order valence-corrected chi connectivity index (χ2v) is 10.2. The molecule has 11 heteroatoms. The minimum atomic E-state index is 0. The zero-order chi connectivity index (χ0) is 22.8. The maximum atomic E-state index is 8.98. The van der Waals surface area contributed by atoms with Crippen LogP contribution >= 0.6 is 32.9 Å². The van der Waals surface area contributed by atoms with E-state index in [1.807, 2.05) is 43.6 Å². The Morgan fingerprint density at radius 1 is 1.09 bits per heavy atom. The number of thiazole rings is 1. The number of nitrogen functional groups attached to an aromatic ring is 1. The van der Waals surface area contributed by atoms with Gasteiger partial charge >= 0.3 is 0 Å². The van der Waals surface area contributed by atoms with Crippen LogP contribution in [0.4, 0.5) is 5.82 Å². The number of nitrogens with zero attached hydrogens (tertiary/aromatic N) is 3. The first-order chi connectivity index (χ1) is 15.6. The fraction of sp³-hybridized carbons (Fsp3) is 0.318. The van der Waals surface area contributed by atoms with E-state index in [1.54, 1.807) is 51.6 Å². The number of aryl methyl sites for hydroxylation is 1. The Bertz CT molecular complexity index is 1040. The SMILES string of the molecule is Cc1ncc(C[n+]2csc(CCO)c2C)c(N)n1.[Cl-].c1coc(CSSCc2ccco2)c1. The molecular formula is C22H27ClN4O3S3. The Hall–Kier alpha value is -1.98. The summed E-state index contributed by atoms with van der Waals surface area (Å²) >= 11 is 1.65. The van der Waals surface area contributed by atoms with Crippen molar-refractivity contribution in [1.29, 1.82) is 0 Å².